The number of fused-ring (bicyclic) bond motifs is 1. The number of ether oxygens (including phenoxy) is 1. The van der Waals surface area contributed by atoms with E-state index in [0.29, 0.717) is 5.78 Å². The summed E-state index contributed by atoms with van der Waals surface area (Å²) in [4.78, 5) is 11.1. The summed E-state index contributed by atoms with van der Waals surface area (Å²) >= 11 is 1.70. The lowest BCUT2D eigenvalue weighted by molar-refractivity contribution is -0.0175. The summed E-state index contributed by atoms with van der Waals surface area (Å²) < 4.78 is 7.99. The van der Waals surface area contributed by atoms with E-state index < -0.39 is 0 Å². The minimum Gasteiger partial charge on any atom is -0.367 e. The van der Waals surface area contributed by atoms with Crippen LogP contribution in [0.15, 0.2) is 23.2 Å². The number of thiophene rings is 1. The van der Waals surface area contributed by atoms with Crippen LogP contribution in [0.2, 0.25) is 0 Å². The summed E-state index contributed by atoms with van der Waals surface area (Å²) in [5, 5.41) is 8.63. The van der Waals surface area contributed by atoms with Crippen molar-refractivity contribution in [3.8, 4) is 0 Å². The molecule has 3 aromatic rings. The van der Waals surface area contributed by atoms with Crippen molar-refractivity contribution in [3.05, 3.63) is 40.0 Å². The zero-order valence-electron chi connectivity index (χ0n) is 13.4. The van der Waals surface area contributed by atoms with Gasteiger partial charge in [-0.05, 0) is 43.2 Å². The molecular formula is C16H19N5OS. The maximum absolute atomic E-state index is 6.15. The number of aryl methyl sites for hydroxylation is 1. The number of hydrogen-bond acceptors (Lipinski definition) is 6. The Morgan fingerprint density at radius 1 is 1.30 bits per heavy atom. The molecule has 2 atom stereocenters. The van der Waals surface area contributed by atoms with Gasteiger partial charge in [0.1, 0.15) is 18.2 Å². The third-order valence-corrected chi connectivity index (χ3v) is 5.05. The van der Waals surface area contributed by atoms with Crippen molar-refractivity contribution in [2.45, 2.75) is 33.0 Å². The van der Waals surface area contributed by atoms with E-state index in [0.717, 1.165) is 30.2 Å². The summed E-state index contributed by atoms with van der Waals surface area (Å²) in [6, 6.07) is 2.14. The smallest absolute Gasteiger partial charge is 0.254 e. The highest BCUT2D eigenvalue weighted by Crippen LogP contribution is 2.31. The molecule has 0 aliphatic carbocycles. The van der Waals surface area contributed by atoms with Crippen molar-refractivity contribution < 1.29 is 4.74 Å². The van der Waals surface area contributed by atoms with Crippen LogP contribution >= 0.6 is 11.3 Å². The van der Waals surface area contributed by atoms with E-state index in [-0.39, 0.29) is 12.2 Å². The molecule has 1 aliphatic heterocycles. The summed E-state index contributed by atoms with van der Waals surface area (Å²) in [5.41, 5.74) is 3.37. The topological polar surface area (TPSA) is 55.5 Å². The first-order chi connectivity index (χ1) is 11.1. The quantitative estimate of drug-likeness (QED) is 0.723. The number of rotatable bonds is 2. The Kier molecular flexibility index (Phi) is 3.54. The van der Waals surface area contributed by atoms with Crippen molar-refractivity contribution in [2.24, 2.45) is 0 Å². The maximum atomic E-state index is 6.15. The summed E-state index contributed by atoms with van der Waals surface area (Å²) in [7, 11) is 0. The van der Waals surface area contributed by atoms with Crippen molar-refractivity contribution in [2.75, 3.05) is 18.0 Å². The van der Waals surface area contributed by atoms with Crippen LogP contribution in [0.1, 0.15) is 29.8 Å². The van der Waals surface area contributed by atoms with Crippen LogP contribution in [0.4, 0.5) is 5.82 Å². The lowest BCUT2D eigenvalue weighted by Crippen LogP contribution is -2.44. The Morgan fingerprint density at radius 3 is 2.96 bits per heavy atom. The molecular weight excluding hydrogens is 310 g/mol. The van der Waals surface area contributed by atoms with Crippen molar-refractivity contribution in [1.29, 1.82) is 0 Å². The van der Waals surface area contributed by atoms with Crippen LogP contribution in [0.3, 0.4) is 0 Å². The fourth-order valence-corrected chi connectivity index (χ4v) is 3.86. The van der Waals surface area contributed by atoms with Gasteiger partial charge in [-0.1, -0.05) is 0 Å². The Morgan fingerprint density at radius 2 is 2.17 bits per heavy atom. The van der Waals surface area contributed by atoms with Crippen LogP contribution in [-0.4, -0.2) is 38.8 Å². The average molecular weight is 329 g/mol. The molecule has 1 fully saturated rings. The third kappa shape index (κ3) is 2.49. The molecule has 1 aliphatic rings. The fourth-order valence-electron chi connectivity index (χ4n) is 3.15. The number of anilines is 1. The Balaban J connectivity index is 1.77. The Bertz CT molecular complexity index is 828. The maximum Gasteiger partial charge on any atom is 0.254 e. The molecule has 6 nitrogen and oxygen atoms in total. The second kappa shape index (κ2) is 5.58. The highest BCUT2D eigenvalue weighted by Gasteiger charge is 2.29. The van der Waals surface area contributed by atoms with Crippen molar-refractivity contribution in [1.82, 2.24) is 19.6 Å². The molecule has 0 aromatic carbocycles. The number of aromatic nitrogens is 4. The first kappa shape index (κ1) is 14.6. The van der Waals surface area contributed by atoms with Gasteiger partial charge in [0.05, 0.1) is 6.10 Å². The van der Waals surface area contributed by atoms with E-state index in [2.05, 4.69) is 50.6 Å². The molecule has 0 amide bonds. The Labute approximate surface area is 138 Å². The van der Waals surface area contributed by atoms with Gasteiger partial charge in [-0.3, -0.25) is 0 Å². The second-order valence-corrected chi connectivity index (χ2v) is 6.79. The summed E-state index contributed by atoms with van der Waals surface area (Å²) in [6.07, 6.45) is 1.79. The molecule has 4 rings (SSSR count). The predicted molar refractivity (Wildman–Crippen MR) is 90.1 cm³/mol. The summed E-state index contributed by atoms with van der Waals surface area (Å²) in [6.45, 7) is 7.87. The van der Waals surface area contributed by atoms with Crippen LogP contribution in [-0.2, 0) is 4.74 Å². The van der Waals surface area contributed by atoms with Crippen molar-refractivity contribution >= 4 is 22.9 Å². The van der Waals surface area contributed by atoms with Gasteiger partial charge in [0.25, 0.3) is 5.78 Å². The first-order valence-electron chi connectivity index (χ1n) is 7.73. The third-order valence-electron chi connectivity index (χ3n) is 4.35. The predicted octanol–water partition coefficient (Wildman–Crippen LogP) is 2.77. The molecule has 0 bridgehead atoms. The van der Waals surface area contributed by atoms with Gasteiger partial charge in [0, 0.05) is 24.3 Å². The molecule has 0 saturated carbocycles. The van der Waals surface area contributed by atoms with E-state index >= 15 is 0 Å². The molecule has 1 saturated heterocycles. The highest BCUT2D eigenvalue weighted by atomic mass is 32.1. The molecule has 4 heterocycles. The zero-order chi connectivity index (χ0) is 16.0. The van der Waals surface area contributed by atoms with E-state index in [4.69, 9.17) is 4.74 Å². The SMILES string of the molecule is Cc1nc2ncnn2c(N2CC(C)OC(c3ccsc3)C2)c1C. The number of hydrogen-bond donors (Lipinski definition) is 0. The molecule has 120 valence electrons. The van der Waals surface area contributed by atoms with E-state index in [1.807, 2.05) is 11.4 Å². The molecule has 0 N–H and O–H groups in total. The highest BCUT2D eigenvalue weighted by molar-refractivity contribution is 7.07. The molecule has 23 heavy (non-hydrogen) atoms. The molecule has 7 heteroatoms. The van der Waals surface area contributed by atoms with Gasteiger partial charge in [-0.25, -0.2) is 4.98 Å². The molecule has 0 spiro atoms. The van der Waals surface area contributed by atoms with Gasteiger partial charge in [0.2, 0.25) is 0 Å². The fraction of sp³-hybridized carbons (Fsp3) is 0.438. The van der Waals surface area contributed by atoms with Gasteiger partial charge in [-0.15, -0.1) is 0 Å². The minimum atomic E-state index is 0.0800. The minimum absolute atomic E-state index is 0.0800. The average Bonchev–Trinajstić information content (AvgIpc) is 3.18. The monoisotopic (exact) mass is 329 g/mol. The van der Waals surface area contributed by atoms with Crippen LogP contribution in [0, 0.1) is 13.8 Å². The molecule has 0 radical (unpaired) electrons. The van der Waals surface area contributed by atoms with Crippen molar-refractivity contribution in [3.63, 3.8) is 0 Å². The van der Waals surface area contributed by atoms with Gasteiger partial charge in [0.15, 0.2) is 0 Å². The van der Waals surface area contributed by atoms with Gasteiger partial charge >= 0.3 is 0 Å². The van der Waals surface area contributed by atoms with Crippen LogP contribution in [0.25, 0.3) is 5.78 Å². The number of nitrogens with zero attached hydrogens (tertiary/aromatic N) is 5. The van der Waals surface area contributed by atoms with Gasteiger partial charge < -0.3 is 9.64 Å². The largest absolute Gasteiger partial charge is 0.367 e. The Hall–Kier alpha value is -1.99. The first-order valence-corrected chi connectivity index (χ1v) is 8.67. The lowest BCUT2D eigenvalue weighted by atomic mass is 10.1. The second-order valence-electron chi connectivity index (χ2n) is 6.01. The van der Waals surface area contributed by atoms with E-state index in [1.54, 1.807) is 17.7 Å². The molecule has 2 unspecified atom stereocenters. The van der Waals surface area contributed by atoms with E-state index in [1.165, 1.54) is 5.56 Å². The van der Waals surface area contributed by atoms with Gasteiger partial charge in [-0.2, -0.15) is 25.9 Å². The van der Waals surface area contributed by atoms with Crippen LogP contribution < -0.4 is 4.90 Å². The van der Waals surface area contributed by atoms with E-state index in [9.17, 15) is 0 Å². The lowest BCUT2D eigenvalue weighted by Gasteiger charge is -2.38. The number of morpholine rings is 1. The standard InChI is InChI=1S/C16H19N5OS/c1-10-6-20(7-14(22-10)13-4-5-23-8-13)15-11(2)12(3)19-16-17-9-18-21(15)16/h4-5,8-10,14H,6-7H2,1-3H3. The summed E-state index contributed by atoms with van der Waals surface area (Å²) in [5.74, 6) is 1.72. The normalized spacial score (nSPS) is 22.0. The molecule has 3 aromatic heterocycles. The zero-order valence-corrected chi connectivity index (χ0v) is 14.2. The van der Waals surface area contributed by atoms with Crippen LogP contribution in [0.5, 0.6) is 0 Å².